The molecule has 5 rings (SSSR count). The minimum Gasteiger partial charge on any atom is -0.497 e. The van der Waals surface area contributed by atoms with Gasteiger partial charge in [-0.3, -0.25) is 4.90 Å². The number of anilines is 1. The molecule has 0 saturated carbocycles. The Morgan fingerprint density at radius 1 is 1.09 bits per heavy atom. The molecule has 1 aliphatic rings. The van der Waals surface area contributed by atoms with Crippen LogP contribution in [0.4, 0.5) is 10.1 Å². The second kappa shape index (κ2) is 8.40. The summed E-state index contributed by atoms with van der Waals surface area (Å²) < 4.78 is 20.3. The van der Waals surface area contributed by atoms with E-state index in [-0.39, 0.29) is 17.7 Å². The third-order valence-electron chi connectivity index (χ3n) is 5.83. The van der Waals surface area contributed by atoms with Crippen molar-refractivity contribution in [3.05, 3.63) is 70.6 Å². The van der Waals surface area contributed by atoms with Crippen molar-refractivity contribution in [2.75, 3.05) is 38.2 Å². The van der Waals surface area contributed by atoms with Gasteiger partial charge in [0.25, 0.3) is 0 Å². The van der Waals surface area contributed by atoms with Crippen LogP contribution in [-0.2, 0) is 0 Å². The zero-order valence-corrected chi connectivity index (χ0v) is 18.7. The summed E-state index contributed by atoms with van der Waals surface area (Å²) in [5.74, 6) is 1.29. The molecule has 0 unspecified atom stereocenters. The first-order valence-electron chi connectivity index (χ1n) is 10.5. The molecule has 9 heteroatoms. The van der Waals surface area contributed by atoms with Crippen molar-refractivity contribution >= 4 is 22.0 Å². The molecule has 1 fully saturated rings. The van der Waals surface area contributed by atoms with Crippen LogP contribution in [0.2, 0.25) is 0 Å². The van der Waals surface area contributed by atoms with Crippen molar-refractivity contribution in [2.24, 2.45) is 0 Å². The van der Waals surface area contributed by atoms with E-state index < -0.39 is 0 Å². The van der Waals surface area contributed by atoms with Crippen LogP contribution in [0.3, 0.4) is 0 Å². The molecule has 4 aromatic rings. The minimum absolute atomic E-state index is 0.124. The number of aromatic nitrogens is 3. The fourth-order valence-corrected chi connectivity index (χ4v) is 5.42. The average molecular weight is 454 g/mol. The lowest BCUT2D eigenvalue weighted by Gasteiger charge is -2.40. The predicted octanol–water partition coefficient (Wildman–Crippen LogP) is 3.86. The summed E-state index contributed by atoms with van der Waals surface area (Å²) in [6, 6.07) is 14.4. The van der Waals surface area contributed by atoms with E-state index in [0.29, 0.717) is 10.8 Å². The Balaban J connectivity index is 1.48. The molecule has 2 aromatic heterocycles. The van der Waals surface area contributed by atoms with E-state index in [2.05, 4.69) is 25.9 Å². The molecule has 1 saturated heterocycles. The van der Waals surface area contributed by atoms with Crippen LogP contribution in [0.5, 0.6) is 11.6 Å². The highest BCUT2D eigenvalue weighted by Crippen LogP contribution is 2.41. The van der Waals surface area contributed by atoms with Crippen molar-refractivity contribution in [3.8, 4) is 11.6 Å². The van der Waals surface area contributed by atoms with Crippen molar-refractivity contribution in [3.63, 3.8) is 0 Å². The van der Waals surface area contributed by atoms with Gasteiger partial charge in [-0.1, -0.05) is 23.5 Å². The first-order valence-corrected chi connectivity index (χ1v) is 11.3. The maximum atomic E-state index is 13.3. The van der Waals surface area contributed by atoms with Gasteiger partial charge in [0.15, 0.2) is 0 Å². The summed E-state index contributed by atoms with van der Waals surface area (Å²) in [6.45, 7) is 4.98. The van der Waals surface area contributed by atoms with Crippen molar-refractivity contribution < 1.29 is 14.2 Å². The van der Waals surface area contributed by atoms with Gasteiger partial charge < -0.3 is 14.7 Å². The third kappa shape index (κ3) is 3.78. The number of thiazole rings is 1. The number of rotatable bonds is 5. The Hall–Kier alpha value is -3.17. The topological polar surface area (TPSA) is 66.1 Å². The Kier molecular flexibility index (Phi) is 5.44. The lowest BCUT2D eigenvalue weighted by molar-refractivity contribution is 0.211. The molecule has 0 bridgehead atoms. The highest BCUT2D eigenvalue weighted by molar-refractivity contribution is 7.17. The Morgan fingerprint density at radius 2 is 1.84 bits per heavy atom. The number of fused-ring (bicyclic) bond motifs is 1. The molecule has 0 radical (unpaired) electrons. The lowest BCUT2D eigenvalue weighted by Crippen LogP contribution is -2.47. The van der Waals surface area contributed by atoms with Gasteiger partial charge >= 0.3 is 0 Å². The molecular weight excluding hydrogens is 429 g/mol. The Morgan fingerprint density at radius 3 is 2.53 bits per heavy atom. The fourth-order valence-electron chi connectivity index (χ4n) is 4.26. The van der Waals surface area contributed by atoms with Crippen molar-refractivity contribution in [1.29, 1.82) is 0 Å². The van der Waals surface area contributed by atoms with Crippen LogP contribution in [0.25, 0.3) is 4.96 Å². The van der Waals surface area contributed by atoms with E-state index in [9.17, 15) is 9.50 Å². The van der Waals surface area contributed by atoms with E-state index in [0.717, 1.165) is 48.1 Å². The number of nitrogens with zero attached hydrogens (tertiary/aromatic N) is 5. The lowest BCUT2D eigenvalue weighted by atomic mass is 10.0. The summed E-state index contributed by atoms with van der Waals surface area (Å²) in [7, 11) is 1.65. The summed E-state index contributed by atoms with van der Waals surface area (Å²) >= 11 is 1.46. The van der Waals surface area contributed by atoms with Crippen LogP contribution in [-0.4, -0.2) is 57.9 Å². The van der Waals surface area contributed by atoms with Crippen molar-refractivity contribution in [2.45, 2.75) is 13.0 Å². The monoisotopic (exact) mass is 453 g/mol. The summed E-state index contributed by atoms with van der Waals surface area (Å²) in [5, 5.41) is 15.3. The third-order valence-corrected chi connectivity index (χ3v) is 6.91. The maximum Gasteiger partial charge on any atom is 0.230 e. The molecule has 0 spiro atoms. The van der Waals surface area contributed by atoms with Crippen LogP contribution >= 0.6 is 11.3 Å². The van der Waals surface area contributed by atoms with Gasteiger partial charge in [0.05, 0.1) is 18.0 Å². The van der Waals surface area contributed by atoms with E-state index in [1.54, 1.807) is 7.11 Å². The summed E-state index contributed by atoms with van der Waals surface area (Å²) in [5.41, 5.74) is 2.05. The Labute approximate surface area is 189 Å². The average Bonchev–Trinajstić information content (AvgIpc) is 3.32. The normalized spacial score (nSPS) is 15.9. The molecule has 1 atom stereocenters. The van der Waals surface area contributed by atoms with Crippen LogP contribution < -0.4 is 9.64 Å². The first kappa shape index (κ1) is 20.7. The maximum absolute atomic E-state index is 13.3. The number of piperazine rings is 1. The Bertz CT molecular complexity index is 1230. The minimum atomic E-state index is -0.229. The summed E-state index contributed by atoms with van der Waals surface area (Å²) in [6.07, 6.45) is 0. The van der Waals surface area contributed by atoms with Gasteiger partial charge in [0, 0.05) is 31.9 Å². The zero-order chi connectivity index (χ0) is 22.2. The van der Waals surface area contributed by atoms with Gasteiger partial charge in [-0.2, -0.15) is 4.52 Å². The van der Waals surface area contributed by atoms with E-state index >= 15 is 0 Å². The smallest absolute Gasteiger partial charge is 0.230 e. The standard InChI is InChI=1S/C23H24FN5O2S/c1-15-25-23-29(26-15)22(30)21(32-23)20(16-4-3-5-19(14-16)31-2)28-12-10-27(11-13-28)18-8-6-17(24)7-9-18/h3-9,14,20,30H,10-13H2,1-2H3/t20-/m0/s1. The quantitative estimate of drug-likeness (QED) is 0.495. The first-order chi connectivity index (χ1) is 15.5. The molecule has 1 aliphatic heterocycles. The van der Waals surface area contributed by atoms with Crippen LogP contribution in [0, 0.1) is 12.7 Å². The summed E-state index contributed by atoms with van der Waals surface area (Å²) in [4.78, 5) is 10.5. The van der Waals surface area contributed by atoms with Crippen molar-refractivity contribution in [1.82, 2.24) is 19.5 Å². The van der Waals surface area contributed by atoms with Crippen LogP contribution in [0.1, 0.15) is 22.3 Å². The SMILES string of the molecule is COc1cccc([C@@H](c2sc3nc(C)nn3c2O)N2CCN(c3ccc(F)cc3)CC2)c1. The molecule has 7 nitrogen and oxygen atoms in total. The van der Waals surface area contributed by atoms with Crippen LogP contribution in [0.15, 0.2) is 48.5 Å². The molecule has 1 N–H and O–H groups in total. The van der Waals surface area contributed by atoms with E-state index in [1.165, 1.54) is 28.0 Å². The number of benzene rings is 2. The molecule has 0 amide bonds. The highest BCUT2D eigenvalue weighted by atomic mass is 32.1. The second-order valence-electron chi connectivity index (χ2n) is 7.82. The molecule has 166 valence electrons. The number of hydrogen-bond donors (Lipinski definition) is 1. The number of aromatic hydroxyl groups is 1. The number of methoxy groups -OCH3 is 1. The molecule has 3 heterocycles. The van der Waals surface area contributed by atoms with E-state index in [4.69, 9.17) is 4.74 Å². The molecular formula is C23H24FN5O2S. The van der Waals surface area contributed by atoms with Gasteiger partial charge in [-0.05, 0) is 48.9 Å². The number of ether oxygens (including phenoxy) is 1. The fraction of sp³-hybridized carbons (Fsp3) is 0.304. The predicted molar refractivity (Wildman–Crippen MR) is 122 cm³/mol. The largest absolute Gasteiger partial charge is 0.497 e. The molecule has 0 aliphatic carbocycles. The molecule has 2 aromatic carbocycles. The molecule has 32 heavy (non-hydrogen) atoms. The number of hydrogen-bond acceptors (Lipinski definition) is 7. The van der Waals surface area contributed by atoms with Gasteiger partial charge in [0.1, 0.15) is 17.4 Å². The van der Waals surface area contributed by atoms with Gasteiger partial charge in [-0.15, -0.1) is 5.10 Å². The van der Waals surface area contributed by atoms with E-state index in [1.807, 2.05) is 37.3 Å². The van der Waals surface area contributed by atoms with Gasteiger partial charge in [-0.25, -0.2) is 9.37 Å². The second-order valence-corrected chi connectivity index (χ2v) is 8.83. The number of halogens is 1. The van der Waals surface area contributed by atoms with Gasteiger partial charge in [0.2, 0.25) is 10.8 Å². The number of aryl methyl sites for hydroxylation is 1. The zero-order valence-electron chi connectivity index (χ0n) is 17.9. The highest BCUT2D eigenvalue weighted by Gasteiger charge is 2.32.